The van der Waals surface area contributed by atoms with Crippen LogP contribution in [-0.4, -0.2) is 30.5 Å². The minimum Gasteiger partial charge on any atom is -0.375 e. The summed E-state index contributed by atoms with van der Waals surface area (Å²) in [5.41, 5.74) is 6.87. The van der Waals surface area contributed by atoms with E-state index in [0.717, 1.165) is 32.5 Å². The third-order valence-electron chi connectivity index (χ3n) is 5.79. The summed E-state index contributed by atoms with van der Waals surface area (Å²) in [5, 5.41) is 0. The summed E-state index contributed by atoms with van der Waals surface area (Å²) < 4.78 is 12.2. The smallest absolute Gasteiger partial charge is 0.0835 e. The molecule has 3 fully saturated rings. The zero-order valence-electron chi connectivity index (χ0n) is 12.3. The Hall–Kier alpha value is -0.120. The monoisotopic (exact) mass is 267 g/mol. The van der Waals surface area contributed by atoms with Crippen molar-refractivity contribution >= 4 is 0 Å². The van der Waals surface area contributed by atoms with E-state index in [2.05, 4.69) is 6.92 Å². The van der Waals surface area contributed by atoms with E-state index in [0.29, 0.717) is 5.92 Å². The fourth-order valence-electron chi connectivity index (χ4n) is 4.56. The van der Waals surface area contributed by atoms with Crippen LogP contribution in [0.4, 0.5) is 0 Å². The molecular weight excluding hydrogens is 238 g/mol. The normalized spacial score (nSPS) is 34.1. The number of hydrogen-bond acceptors (Lipinski definition) is 3. The first-order valence-corrected chi connectivity index (χ1v) is 8.23. The van der Waals surface area contributed by atoms with E-state index in [9.17, 15) is 0 Å². The molecule has 1 aliphatic heterocycles. The van der Waals surface area contributed by atoms with Gasteiger partial charge in [0, 0.05) is 19.3 Å². The second kappa shape index (κ2) is 5.34. The number of ether oxygens (including phenoxy) is 2. The average molecular weight is 267 g/mol. The Morgan fingerprint density at radius 3 is 2.53 bits per heavy atom. The highest BCUT2D eigenvalue weighted by Gasteiger charge is 2.49. The van der Waals surface area contributed by atoms with Crippen LogP contribution < -0.4 is 5.73 Å². The Morgan fingerprint density at radius 2 is 1.95 bits per heavy atom. The van der Waals surface area contributed by atoms with E-state index in [1.165, 1.54) is 38.5 Å². The van der Waals surface area contributed by atoms with Gasteiger partial charge in [-0.1, -0.05) is 12.8 Å². The van der Waals surface area contributed by atoms with E-state index in [1.807, 2.05) is 0 Å². The quantitative estimate of drug-likeness (QED) is 0.851. The molecule has 3 aliphatic rings. The molecule has 1 heterocycles. The molecule has 0 radical (unpaired) electrons. The Kier molecular flexibility index (Phi) is 3.89. The maximum Gasteiger partial charge on any atom is 0.0835 e. The molecule has 0 aromatic heterocycles. The molecule has 2 saturated carbocycles. The maximum absolute atomic E-state index is 6.69. The summed E-state index contributed by atoms with van der Waals surface area (Å²) >= 11 is 0. The van der Waals surface area contributed by atoms with Crippen LogP contribution in [0.2, 0.25) is 0 Å². The van der Waals surface area contributed by atoms with Crippen molar-refractivity contribution in [2.24, 2.45) is 11.7 Å². The number of hydrogen-bond donors (Lipinski definition) is 1. The molecule has 1 saturated heterocycles. The summed E-state index contributed by atoms with van der Waals surface area (Å²) in [6, 6.07) is 0.205. The van der Waals surface area contributed by atoms with Gasteiger partial charge in [-0.2, -0.15) is 0 Å². The van der Waals surface area contributed by atoms with Gasteiger partial charge in [-0.05, 0) is 57.8 Å². The molecule has 2 aliphatic carbocycles. The fraction of sp³-hybridized carbons (Fsp3) is 1.00. The standard InChI is InChI=1S/C16H29NO2/c1-2-18-16(9-3-4-10-16)14(17)13-6-11-19-15(12-13)7-5-8-15/h13-14H,2-12,17H2,1H3. The highest BCUT2D eigenvalue weighted by molar-refractivity contribution is 5.03. The van der Waals surface area contributed by atoms with Crippen molar-refractivity contribution in [3.63, 3.8) is 0 Å². The summed E-state index contributed by atoms with van der Waals surface area (Å²) in [4.78, 5) is 0. The average Bonchev–Trinajstić information content (AvgIpc) is 2.86. The Morgan fingerprint density at radius 1 is 1.21 bits per heavy atom. The zero-order valence-corrected chi connectivity index (χ0v) is 12.3. The molecule has 2 unspecified atom stereocenters. The first-order chi connectivity index (χ1) is 9.20. The van der Waals surface area contributed by atoms with Crippen LogP contribution in [0, 0.1) is 5.92 Å². The van der Waals surface area contributed by atoms with Gasteiger partial charge in [0.2, 0.25) is 0 Å². The van der Waals surface area contributed by atoms with Crippen LogP contribution in [0.3, 0.4) is 0 Å². The molecule has 19 heavy (non-hydrogen) atoms. The predicted molar refractivity (Wildman–Crippen MR) is 76.1 cm³/mol. The molecule has 0 bridgehead atoms. The van der Waals surface area contributed by atoms with Crippen molar-refractivity contribution in [2.45, 2.75) is 82.0 Å². The largest absolute Gasteiger partial charge is 0.375 e. The Bertz CT molecular complexity index is 308. The molecule has 3 rings (SSSR count). The number of rotatable bonds is 4. The zero-order chi connectivity index (χ0) is 13.3. The van der Waals surface area contributed by atoms with Crippen LogP contribution in [0.25, 0.3) is 0 Å². The maximum atomic E-state index is 6.69. The molecular formula is C16H29NO2. The van der Waals surface area contributed by atoms with E-state index in [4.69, 9.17) is 15.2 Å². The van der Waals surface area contributed by atoms with Crippen molar-refractivity contribution in [1.82, 2.24) is 0 Å². The molecule has 0 amide bonds. The van der Waals surface area contributed by atoms with Gasteiger partial charge >= 0.3 is 0 Å². The van der Waals surface area contributed by atoms with Crippen molar-refractivity contribution in [2.75, 3.05) is 13.2 Å². The summed E-state index contributed by atoms with van der Waals surface area (Å²) in [5.74, 6) is 0.596. The van der Waals surface area contributed by atoms with Crippen LogP contribution in [0.5, 0.6) is 0 Å². The van der Waals surface area contributed by atoms with E-state index < -0.39 is 0 Å². The minimum atomic E-state index is -0.0261. The molecule has 0 aromatic carbocycles. The summed E-state index contributed by atoms with van der Waals surface area (Å²) in [7, 11) is 0. The third kappa shape index (κ3) is 2.45. The third-order valence-corrected chi connectivity index (χ3v) is 5.79. The van der Waals surface area contributed by atoms with Crippen LogP contribution in [-0.2, 0) is 9.47 Å². The van der Waals surface area contributed by atoms with Gasteiger partial charge in [-0.3, -0.25) is 0 Å². The SMILES string of the molecule is CCOC1(C(N)C2CCOC3(CCC3)C2)CCCC1. The molecule has 2 N–H and O–H groups in total. The van der Waals surface area contributed by atoms with Crippen LogP contribution in [0.1, 0.15) is 64.7 Å². The second-order valence-corrected chi connectivity index (χ2v) is 6.87. The van der Waals surface area contributed by atoms with Crippen LogP contribution >= 0.6 is 0 Å². The van der Waals surface area contributed by atoms with Crippen molar-refractivity contribution in [1.29, 1.82) is 0 Å². The summed E-state index contributed by atoms with van der Waals surface area (Å²) in [6.07, 6.45) is 11.0. The molecule has 3 heteroatoms. The first-order valence-electron chi connectivity index (χ1n) is 8.23. The van der Waals surface area contributed by atoms with Gasteiger partial charge in [0.15, 0.2) is 0 Å². The van der Waals surface area contributed by atoms with E-state index in [1.54, 1.807) is 0 Å². The fourth-order valence-corrected chi connectivity index (χ4v) is 4.56. The number of nitrogens with two attached hydrogens (primary N) is 1. The predicted octanol–water partition coefficient (Wildman–Crippen LogP) is 3.01. The molecule has 1 spiro atoms. The van der Waals surface area contributed by atoms with E-state index >= 15 is 0 Å². The second-order valence-electron chi connectivity index (χ2n) is 6.87. The lowest BCUT2D eigenvalue weighted by Gasteiger charge is -2.50. The van der Waals surface area contributed by atoms with Gasteiger partial charge in [-0.15, -0.1) is 0 Å². The van der Waals surface area contributed by atoms with Crippen molar-refractivity contribution < 1.29 is 9.47 Å². The molecule has 110 valence electrons. The van der Waals surface area contributed by atoms with Gasteiger partial charge in [-0.25, -0.2) is 0 Å². The van der Waals surface area contributed by atoms with Gasteiger partial charge in [0.05, 0.1) is 11.2 Å². The lowest BCUT2D eigenvalue weighted by Crippen LogP contribution is -2.57. The minimum absolute atomic E-state index is 0.0261. The van der Waals surface area contributed by atoms with Gasteiger partial charge < -0.3 is 15.2 Å². The lowest BCUT2D eigenvalue weighted by molar-refractivity contribution is -0.159. The molecule has 2 atom stereocenters. The Labute approximate surface area is 117 Å². The first kappa shape index (κ1) is 13.8. The molecule has 3 nitrogen and oxygen atoms in total. The van der Waals surface area contributed by atoms with Gasteiger partial charge in [0.1, 0.15) is 0 Å². The van der Waals surface area contributed by atoms with E-state index in [-0.39, 0.29) is 17.2 Å². The highest BCUT2D eigenvalue weighted by atomic mass is 16.5. The van der Waals surface area contributed by atoms with Crippen molar-refractivity contribution in [3.05, 3.63) is 0 Å². The Balaban J connectivity index is 1.69. The topological polar surface area (TPSA) is 44.5 Å². The van der Waals surface area contributed by atoms with Gasteiger partial charge in [0.25, 0.3) is 0 Å². The lowest BCUT2D eigenvalue weighted by atomic mass is 9.68. The summed E-state index contributed by atoms with van der Waals surface area (Å²) in [6.45, 7) is 3.80. The van der Waals surface area contributed by atoms with Crippen LogP contribution in [0.15, 0.2) is 0 Å². The highest BCUT2D eigenvalue weighted by Crippen LogP contribution is 2.47. The molecule has 0 aromatic rings. The van der Waals surface area contributed by atoms with Crippen molar-refractivity contribution in [3.8, 4) is 0 Å².